The van der Waals surface area contributed by atoms with Crippen molar-refractivity contribution in [2.24, 2.45) is 0 Å². The first-order chi connectivity index (χ1) is 14.5. The Bertz CT molecular complexity index is 1170. The number of para-hydroxylation sites is 2. The van der Waals surface area contributed by atoms with Crippen molar-refractivity contribution in [2.75, 3.05) is 11.5 Å². The minimum absolute atomic E-state index is 0.254. The molecule has 0 N–H and O–H groups in total. The van der Waals surface area contributed by atoms with E-state index in [0.717, 1.165) is 16.7 Å². The van der Waals surface area contributed by atoms with Crippen LogP contribution in [0.25, 0.3) is 17.4 Å². The second kappa shape index (κ2) is 8.60. The smallest absolute Gasteiger partial charge is 0.298 e. The number of nitrogens with zero attached hydrogens (tertiary/aromatic N) is 1. The Morgan fingerprint density at radius 1 is 1.10 bits per heavy atom. The number of carbonyl (C=O) groups excluding carboxylic acids is 2. The molecular weight excluding hydrogens is 445 g/mol. The zero-order valence-corrected chi connectivity index (χ0v) is 18.1. The van der Waals surface area contributed by atoms with E-state index < -0.39 is 11.1 Å². The molecule has 2 amide bonds. The lowest BCUT2D eigenvalue weighted by molar-refractivity contribution is -0.113. The van der Waals surface area contributed by atoms with Crippen molar-refractivity contribution in [1.82, 2.24) is 0 Å². The number of carbonyl (C=O) groups is 2. The Balaban J connectivity index is 1.64. The van der Waals surface area contributed by atoms with Gasteiger partial charge in [0.05, 0.1) is 22.2 Å². The number of anilines is 1. The fraction of sp³-hybridized carbons (Fsp3) is 0.0909. The normalized spacial score (nSPS) is 15.3. The fourth-order valence-electron chi connectivity index (χ4n) is 2.99. The van der Waals surface area contributed by atoms with Crippen LogP contribution in [-0.4, -0.2) is 17.8 Å². The maximum absolute atomic E-state index is 12.9. The number of thioether (sulfide) groups is 1. The third-order valence-electron chi connectivity index (χ3n) is 4.29. The van der Waals surface area contributed by atoms with Crippen LogP contribution >= 0.6 is 35.0 Å². The lowest BCUT2D eigenvalue weighted by atomic mass is 10.2. The van der Waals surface area contributed by atoms with Gasteiger partial charge in [-0.1, -0.05) is 35.3 Å². The molecule has 8 heteroatoms. The van der Waals surface area contributed by atoms with Gasteiger partial charge in [0.15, 0.2) is 0 Å². The second-order valence-corrected chi connectivity index (χ2v) is 8.08. The SMILES string of the molecule is CCOc1ccccc1N1C(=O)S/C(=C/c2ccc(-c3cc(Cl)ccc3Cl)o2)C1=O. The Hall–Kier alpha value is -2.67. The zero-order valence-electron chi connectivity index (χ0n) is 15.7. The summed E-state index contributed by atoms with van der Waals surface area (Å²) in [5.41, 5.74) is 1.05. The first-order valence-corrected chi connectivity index (χ1v) is 10.6. The predicted molar refractivity (Wildman–Crippen MR) is 120 cm³/mol. The summed E-state index contributed by atoms with van der Waals surface area (Å²) in [5.74, 6) is 0.967. The van der Waals surface area contributed by atoms with Crippen LogP contribution in [0.5, 0.6) is 5.75 Å². The number of imide groups is 1. The molecule has 2 aromatic carbocycles. The summed E-state index contributed by atoms with van der Waals surface area (Å²) >= 11 is 13.1. The molecule has 152 valence electrons. The first-order valence-electron chi connectivity index (χ1n) is 9.03. The molecule has 1 aliphatic rings. The van der Waals surface area contributed by atoms with Crippen LogP contribution in [-0.2, 0) is 4.79 Å². The van der Waals surface area contributed by atoms with E-state index in [4.69, 9.17) is 32.4 Å². The Morgan fingerprint density at radius 2 is 1.90 bits per heavy atom. The van der Waals surface area contributed by atoms with Crippen molar-refractivity contribution < 1.29 is 18.7 Å². The number of furan rings is 1. The second-order valence-electron chi connectivity index (χ2n) is 6.24. The van der Waals surface area contributed by atoms with Gasteiger partial charge < -0.3 is 9.15 Å². The van der Waals surface area contributed by atoms with Gasteiger partial charge in [-0.15, -0.1) is 0 Å². The molecule has 1 aromatic heterocycles. The summed E-state index contributed by atoms with van der Waals surface area (Å²) in [6.45, 7) is 2.26. The average Bonchev–Trinajstić information content (AvgIpc) is 3.29. The van der Waals surface area contributed by atoms with Crippen molar-refractivity contribution in [3.63, 3.8) is 0 Å². The molecule has 0 unspecified atom stereocenters. The minimum atomic E-state index is -0.434. The summed E-state index contributed by atoms with van der Waals surface area (Å²) in [6, 6.07) is 15.4. The number of halogens is 2. The van der Waals surface area contributed by atoms with E-state index in [9.17, 15) is 9.59 Å². The van der Waals surface area contributed by atoms with Gasteiger partial charge in [-0.25, -0.2) is 4.90 Å². The topological polar surface area (TPSA) is 59.8 Å². The van der Waals surface area contributed by atoms with E-state index in [0.29, 0.717) is 45.2 Å². The van der Waals surface area contributed by atoms with Gasteiger partial charge in [0.1, 0.15) is 17.3 Å². The van der Waals surface area contributed by atoms with E-state index in [1.807, 2.05) is 6.92 Å². The highest BCUT2D eigenvalue weighted by Gasteiger charge is 2.38. The van der Waals surface area contributed by atoms with Gasteiger partial charge in [0.25, 0.3) is 11.1 Å². The van der Waals surface area contributed by atoms with Crippen molar-refractivity contribution in [1.29, 1.82) is 0 Å². The fourth-order valence-corrected chi connectivity index (χ4v) is 4.18. The monoisotopic (exact) mass is 459 g/mol. The molecule has 0 spiro atoms. The van der Waals surface area contributed by atoms with Gasteiger partial charge >= 0.3 is 0 Å². The van der Waals surface area contributed by atoms with Crippen LogP contribution < -0.4 is 9.64 Å². The summed E-state index contributed by atoms with van der Waals surface area (Å²) in [7, 11) is 0. The van der Waals surface area contributed by atoms with E-state index in [1.54, 1.807) is 54.6 Å². The highest BCUT2D eigenvalue weighted by Crippen LogP contribution is 2.40. The molecule has 2 heterocycles. The molecule has 4 rings (SSSR count). The standard InChI is InChI=1S/C22H15Cl2NO4S/c1-2-28-19-6-4-3-5-17(19)25-21(26)20(30-22(25)27)12-14-8-10-18(29-14)15-11-13(23)7-9-16(15)24/h3-12H,2H2,1H3/b20-12+. The molecule has 0 radical (unpaired) electrons. The Labute approximate surface area is 187 Å². The summed E-state index contributed by atoms with van der Waals surface area (Å²) < 4.78 is 11.4. The van der Waals surface area contributed by atoms with Gasteiger partial charge in [0, 0.05) is 16.7 Å². The molecule has 0 saturated carbocycles. The van der Waals surface area contributed by atoms with Crippen LogP contribution in [0.15, 0.2) is 63.9 Å². The van der Waals surface area contributed by atoms with Crippen molar-refractivity contribution in [3.05, 3.63) is 75.3 Å². The summed E-state index contributed by atoms with van der Waals surface area (Å²) in [5, 5.41) is 0.623. The van der Waals surface area contributed by atoms with Gasteiger partial charge in [-0.05, 0) is 61.2 Å². The average molecular weight is 460 g/mol. The van der Waals surface area contributed by atoms with Crippen LogP contribution in [0, 0.1) is 0 Å². The van der Waals surface area contributed by atoms with Gasteiger partial charge in [-0.2, -0.15) is 0 Å². The van der Waals surface area contributed by atoms with Crippen LogP contribution in [0.1, 0.15) is 12.7 Å². The first kappa shape index (κ1) is 20.6. The molecule has 30 heavy (non-hydrogen) atoms. The number of hydrogen-bond acceptors (Lipinski definition) is 5. The number of rotatable bonds is 5. The Morgan fingerprint density at radius 3 is 2.70 bits per heavy atom. The quantitative estimate of drug-likeness (QED) is 0.388. The molecule has 1 aliphatic heterocycles. The molecular formula is C22H15Cl2NO4S. The zero-order chi connectivity index (χ0) is 21.3. The minimum Gasteiger partial charge on any atom is -0.492 e. The van der Waals surface area contributed by atoms with E-state index >= 15 is 0 Å². The molecule has 3 aromatic rings. The van der Waals surface area contributed by atoms with Crippen LogP contribution in [0.3, 0.4) is 0 Å². The number of amides is 2. The Kier molecular flexibility index (Phi) is 5.90. The van der Waals surface area contributed by atoms with Gasteiger partial charge in [0.2, 0.25) is 0 Å². The molecule has 5 nitrogen and oxygen atoms in total. The van der Waals surface area contributed by atoms with Crippen molar-refractivity contribution in [3.8, 4) is 17.1 Å². The predicted octanol–water partition coefficient (Wildman–Crippen LogP) is 6.89. The van der Waals surface area contributed by atoms with Gasteiger partial charge in [-0.3, -0.25) is 9.59 Å². The molecule has 0 bridgehead atoms. The number of hydrogen-bond donors (Lipinski definition) is 0. The number of ether oxygens (including phenoxy) is 1. The number of benzene rings is 2. The lowest BCUT2D eigenvalue weighted by Gasteiger charge is -2.16. The van der Waals surface area contributed by atoms with Crippen LogP contribution in [0.2, 0.25) is 10.0 Å². The summed E-state index contributed by atoms with van der Waals surface area (Å²) in [6.07, 6.45) is 1.54. The maximum Gasteiger partial charge on any atom is 0.298 e. The van der Waals surface area contributed by atoms with Crippen LogP contribution in [0.4, 0.5) is 10.5 Å². The molecule has 0 aliphatic carbocycles. The third kappa shape index (κ3) is 3.99. The molecule has 0 atom stereocenters. The van der Waals surface area contributed by atoms with E-state index in [2.05, 4.69) is 0 Å². The third-order valence-corrected chi connectivity index (χ3v) is 5.73. The molecule has 1 saturated heterocycles. The highest BCUT2D eigenvalue weighted by molar-refractivity contribution is 8.19. The highest BCUT2D eigenvalue weighted by atomic mass is 35.5. The van der Waals surface area contributed by atoms with Crippen molar-refractivity contribution >= 4 is 57.9 Å². The lowest BCUT2D eigenvalue weighted by Crippen LogP contribution is -2.28. The van der Waals surface area contributed by atoms with Crippen molar-refractivity contribution in [2.45, 2.75) is 6.92 Å². The maximum atomic E-state index is 12.9. The summed E-state index contributed by atoms with van der Waals surface area (Å²) in [4.78, 5) is 26.9. The largest absolute Gasteiger partial charge is 0.492 e. The van der Waals surface area contributed by atoms with E-state index in [-0.39, 0.29) is 4.91 Å². The molecule has 1 fully saturated rings. The van der Waals surface area contributed by atoms with E-state index in [1.165, 1.54) is 6.08 Å².